The van der Waals surface area contributed by atoms with Crippen molar-refractivity contribution in [1.82, 2.24) is 10.6 Å². The zero-order chi connectivity index (χ0) is 26.4. The van der Waals surface area contributed by atoms with Gasteiger partial charge in [-0.25, -0.2) is 4.39 Å². The molecule has 1 saturated carbocycles. The van der Waals surface area contributed by atoms with Crippen LogP contribution in [-0.4, -0.2) is 44.6 Å². The number of methoxy groups -OCH3 is 1. The Morgan fingerprint density at radius 2 is 2.14 bits per heavy atom. The average molecular weight is 520 g/mol. The van der Waals surface area contributed by atoms with Crippen molar-refractivity contribution in [3.63, 3.8) is 0 Å². The summed E-state index contributed by atoms with van der Waals surface area (Å²) in [4.78, 5) is 2.13. The monoisotopic (exact) mass is 519 g/mol. The first-order chi connectivity index (χ1) is 17.9. The van der Waals surface area contributed by atoms with Crippen LogP contribution in [0, 0.1) is 22.6 Å². The average Bonchev–Trinajstić information content (AvgIpc) is 3.28. The van der Waals surface area contributed by atoms with Gasteiger partial charge in [0.05, 0.1) is 17.4 Å². The fraction of sp³-hybridized carbons (Fsp3) is 0.379. The van der Waals surface area contributed by atoms with Gasteiger partial charge in [0.1, 0.15) is 11.9 Å². The standard InChI is InChI=1S/C29H34FN5OS/c1-34-9-3-4-22(32)12-25-15-26(18-5-6-20(16-31)27(30)11-18)29(37-25)19-7-8-28(33)21(10-19)17-35-23-13-24(14-23)36-2/h5-8,10-11,15,17,22-24,33-35H,3-4,9,12-14,32H2,1-2H3/b21-17-,33-28?. The maximum Gasteiger partial charge on any atom is 0.141 e. The number of hydrogen-bond donors (Lipinski definition) is 4. The number of ether oxygens (including phenoxy) is 1. The van der Waals surface area contributed by atoms with Crippen LogP contribution in [0.15, 0.2) is 54.3 Å². The molecule has 1 aromatic heterocycles. The van der Waals surface area contributed by atoms with Crippen molar-refractivity contribution in [3.8, 4) is 17.2 Å². The molecule has 2 aliphatic rings. The Bertz CT molecular complexity index is 1270. The van der Waals surface area contributed by atoms with Gasteiger partial charge in [0, 0.05) is 46.3 Å². The highest BCUT2D eigenvalue weighted by Gasteiger charge is 2.28. The third kappa shape index (κ3) is 6.62. The number of nitrogens with two attached hydrogens (primary N) is 1. The van der Waals surface area contributed by atoms with Gasteiger partial charge in [-0.15, -0.1) is 11.3 Å². The van der Waals surface area contributed by atoms with E-state index >= 15 is 0 Å². The van der Waals surface area contributed by atoms with Gasteiger partial charge in [-0.05, 0) is 87.2 Å². The maximum absolute atomic E-state index is 14.6. The first kappa shape index (κ1) is 27.0. The van der Waals surface area contributed by atoms with Crippen LogP contribution in [0.25, 0.3) is 16.7 Å². The molecule has 8 heteroatoms. The molecule has 4 rings (SSSR count). The van der Waals surface area contributed by atoms with Crippen LogP contribution in [0.3, 0.4) is 0 Å². The zero-order valence-electron chi connectivity index (χ0n) is 21.3. The second-order valence-electron chi connectivity index (χ2n) is 9.61. The van der Waals surface area contributed by atoms with Crippen molar-refractivity contribution >= 4 is 22.6 Å². The molecule has 1 heterocycles. The molecule has 0 amide bonds. The largest absolute Gasteiger partial charge is 0.387 e. The third-order valence-electron chi connectivity index (χ3n) is 6.87. The lowest BCUT2D eigenvalue weighted by Crippen LogP contribution is -2.43. The van der Waals surface area contributed by atoms with E-state index in [0.717, 1.165) is 70.7 Å². The fourth-order valence-electron chi connectivity index (χ4n) is 4.57. The van der Waals surface area contributed by atoms with E-state index < -0.39 is 5.82 Å². The molecule has 194 valence electrons. The molecule has 1 aromatic carbocycles. The van der Waals surface area contributed by atoms with E-state index in [9.17, 15) is 4.39 Å². The first-order valence-corrected chi connectivity index (χ1v) is 13.4. The van der Waals surface area contributed by atoms with Gasteiger partial charge < -0.3 is 26.5 Å². The van der Waals surface area contributed by atoms with Gasteiger partial charge in [-0.1, -0.05) is 12.1 Å². The van der Waals surface area contributed by atoms with Crippen molar-refractivity contribution in [1.29, 1.82) is 10.7 Å². The van der Waals surface area contributed by atoms with E-state index in [4.69, 9.17) is 21.1 Å². The number of halogens is 1. The molecule has 1 unspecified atom stereocenters. The number of nitrogens with zero attached hydrogens (tertiary/aromatic N) is 1. The van der Waals surface area contributed by atoms with Crippen LogP contribution >= 0.6 is 11.3 Å². The summed E-state index contributed by atoms with van der Waals surface area (Å²) in [5.74, 6) is -0.531. The third-order valence-corrected chi connectivity index (χ3v) is 8.07. The number of thiophene rings is 1. The summed E-state index contributed by atoms with van der Waals surface area (Å²) in [7, 11) is 3.67. The number of allylic oxidation sites excluding steroid dienone is 5. The number of nitriles is 1. The number of benzene rings is 1. The predicted octanol–water partition coefficient (Wildman–Crippen LogP) is 4.92. The van der Waals surface area contributed by atoms with E-state index in [1.54, 1.807) is 30.6 Å². The van der Waals surface area contributed by atoms with Gasteiger partial charge in [0.2, 0.25) is 0 Å². The molecule has 1 fully saturated rings. The van der Waals surface area contributed by atoms with Crippen LogP contribution in [0.5, 0.6) is 0 Å². The second kappa shape index (κ2) is 12.4. The lowest BCUT2D eigenvalue weighted by Gasteiger charge is -2.34. The van der Waals surface area contributed by atoms with E-state index in [-0.39, 0.29) is 11.6 Å². The molecule has 0 saturated heterocycles. The molecule has 0 radical (unpaired) electrons. The quantitative estimate of drug-likeness (QED) is 0.315. The van der Waals surface area contributed by atoms with Crippen molar-refractivity contribution in [2.24, 2.45) is 5.73 Å². The fourth-order valence-corrected chi connectivity index (χ4v) is 5.84. The molecular formula is C29H34FN5OS. The summed E-state index contributed by atoms with van der Waals surface area (Å²) in [5, 5.41) is 24.1. The minimum absolute atomic E-state index is 0.0283. The highest BCUT2D eigenvalue weighted by Crippen LogP contribution is 2.39. The zero-order valence-corrected chi connectivity index (χ0v) is 22.1. The lowest BCUT2D eigenvalue weighted by molar-refractivity contribution is 0.0211. The Morgan fingerprint density at radius 3 is 2.84 bits per heavy atom. The minimum atomic E-state index is -0.531. The number of hydrogen-bond acceptors (Lipinski definition) is 7. The summed E-state index contributed by atoms with van der Waals surface area (Å²) in [5.41, 5.74) is 10.3. The Hall–Kier alpha value is -3.09. The van der Waals surface area contributed by atoms with Crippen LogP contribution in [0.1, 0.15) is 41.0 Å². The van der Waals surface area contributed by atoms with E-state index in [1.165, 1.54) is 12.1 Å². The topological polar surface area (TPSA) is 107 Å². The smallest absolute Gasteiger partial charge is 0.141 e. The lowest BCUT2D eigenvalue weighted by atomic mass is 9.89. The highest BCUT2D eigenvalue weighted by molar-refractivity contribution is 7.13. The Balaban J connectivity index is 1.64. The molecule has 0 bridgehead atoms. The van der Waals surface area contributed by atoms with Crippen LogP contribution in [0.4, 0.5) is 4.39 Å². The van der Waals surface area contributed by atoms with Crippen LogP contribution in [0.2, 0.25) is 0 Å². The summed E-state index contributed by atoms with van der Waals surface area (Å²) < 4.78 is 19.9. The predicted molar refractivity (Wildman–Crippen MR) is 149 cm³/mol. The van der Waals surface area contributed by atoms with E-state index in [0.29, 0.717) is 17.9 Å². The Labute approximate surface area is 222 Å². The van der Waals surface area contributed by atoms with Gasteiger partial charge in [0.25, 0.3) is 0 Å². The Kier molecular flexibility index (Phi) is 9.06. The minimum Gasteiger partial charge on any atom is -0.387 e. The van der Waals surface area contributed by atoms with Crippen molar-refractivity contribution < 1.29 is 9.13 Å². The molecular weight excluding hydrogens is 485 g/mol. The first-order valence-electron chi connectivity index (χ1n) is 12.6. The van der Waals surface area contributed by atoms with Gasteiger partial charge in [-0.2, -0.15) is 5.26 Å². The summed E-state index contributed by atoms with van der Waals surface area (Å²) in [6.45, 7) is 0.929. The molecule has 6 nitrogen and oxygen atoms in total. The molecule has 2 aromatic rings. The summed E-state index contributed by atoms with van der Waals surface area (Å²) >= 11 is 1.65. The Morgan fingerprint density at radius 1 is 1.32 bits per heavy atom. The van der Waals surface area contributed by atoms with Gasteiger partial charge in [-0.3, -0.25) is 0 Å². The van der Waals surface area contributed by atoms with Crippen LogP contribution in [-0.2, 0) is 11.2 Å². The van der Waals surface area contributed by atoms with E-state index in [1.807, 2.05) is 31.5 Å². The van der Waals surface area contributed by atoms with Gasteiger partial charge in [0.15, 0.2) is 0 Å². The van der Waals surface area contributed by atoms with Crippen LogP contribution < -0.4 is 16.4 Å². The van der Waals surface area contributed by atoms with Crippen molar-refractivity contribution in [3.05, 3.63) is 75.4 Å². The summed E-state index contributed by atoms with van der Waals surface area (Å²) in [6.07, 6.45) is 12.5. The molecule has 5 N–H and O–H groups in total. The number of rotatable bonds is 11. The molecule has 37 heavy (non-hydrogen) atoms. The normalized spacial score (nSPS) is 20.9. The highest BCUT2D eigenvalue weighted by atomic mass is 32.1. The van der Waals surface area contributed by atoms with Gasteiger partial charge >= 0.3 is 0 Å². The SMILES string of the molecule is CNCCCC(N)Cc1cc(-c2ccc(C#N)c(F)c2)c(C2=C/C(=C/NC3CC(OC)C3)C(=N)C=C2)s1. The van der Waals surface area contributed by atoms with Crippen molar-refractivity contribution in [2.45, 2.75) is 50.3 Å². The molecule has 0 aliphatic heterocycles. The van der Waals surface area contributed by atoms with E-state index in [2.05, 4.69) is 16.7 Å². The molecule has 2 aliphatic carbocycles. The second-order valence-corrected chi connectivity index (χ2v) is 10.7. The molecule has 1 atom stereocenters. The molecule has 0 spiro atoms. The van der Waals surface area contributed by atoms with Crippen molar-refractivity contribution in [2.75, 3.05) is 20.7 Å². The number of nitrogens with one attached hydrogen (secondary N) is 3. The maximum atomic E-state index is 14.6. The summed E-state index contributed by atoms with van der Waals surface area (Å²) in [6, 6.07) is 9.12.